The van der Waals surface area contributed by atoms with Gasteiger partial charge in [-0.1, -0.05) is 22.9 Å². The number of amides is 2. The third-order valence-electron chi connectivity index (χ3n) is 4.42. The highest BCUT2D eigenvalue weighted by Gasteiger charge is 2.46. The van der Waals surface area contributed by atoms with Gasteiger partial charge in [-0.2, -0.15) is 8.78 Å². The van der Waals surface area contributed by atoms with E-state index in [0.29, 0.717) is 17.0 Å². The molecule has 33 heavy (non-hydrogen) atoms. The number of pyridine rings is 1. The Morgan fingerprint density at radius 1 is 1.24 bits per heavy atom. The van der Waals surface area contributed by atoms with Crippen molar-refractivity contribution >= 4 is 39.9 Å². The number of hydrogen-bond acceptors (Lipinski definition) is 7. The molecule has 8 nitrogen and oxygen atoms in total. The standard InChI is InChI=1S/C20H17ClF3N5O3S/c1-9-7-10(14-13(32-4)6-5-12(21)15(14)22)11(8-25-9)16(30)26-19-28-27-17(33-19)20(23,24)18(31)29(2)3/h5-8H,1-4H3,(H,26,28,30). The second kappa shape index (κ2) is 9.32. The summed E-state index contributed by atoms with van der Waals surface area (Å²) in [5.74, 6) is -6.90. The second-order valence-corrected chi connectivity index (χ2v) is 8.34. The van der Waals surface area contributed by atoms with Crippen LogP contribution >= 0.6 is 22.9 Å². The number of aromatic nitrogens is 3. The average Bonchev–Trinajstić information content (AvgIpc) is 3.24. The van der Waals surface area contributed by atoms with Crippen LogP contribution in [0.5, 0.6) is 5.75 Å². The van der Waals surface area contributed by atoms with Gasteiger partial charge in [-0.05, 0) is 25.1 Å². The molecule has 0 aliphatic carbocycles. The Bertz CT molecular complexity index is 1240. The summed E-state index contributed by atoms with van der Waals surface area (Å²) in [7, 11) is 3.68. The minimum Gasteiger partial charge on any atom is -0.496 e. The summed E-state index contributed by atoms with van der Waals surface area (Å²) in [6.07, 6.45) is 1.20. The molecule has 0 bridgehead atoms. The van der Waals surface area contributed by atoms with E-state index in [2.05, 4.69) is 20.5 Å². The van der Waals surface area contributed by atoms with Crippen LogP contribution in [0.15, 0.2) is 24.4 Å². The van der Waals surface area contributed by atoms with Crippen molar-refractivity contribution in [1.82, 2.24) is 20.1 Å². The van der Waals surface area contributed by atoms with Crippen molar-refractivity contribution in [3.63, 3.8) is 0 Å². The van der Waals surface area contributed by atoms with E-state index in [0.717, 1.165) is 4.90 Å². The molecule has 0 saturated carbocycles. The quantitative estimate of drug-likeness (QED) is 0.547. The fourth-order valence-corrected chi connectivity index (χ4v) is 3.70. The van der Waals surface area contributed by atoms with E-state index in [1.807, 2.05) is 0 Å². The van der Waals surface area contributed by atoms with Gasteiger partial charge in [-0.25, -0.2) is 4.39 Å². The summed E-state index contributed by atoms with van der Waals surface area (Å²) in [6.45, 7) is 1.64. The molecule has 3 rings (SSSR count). The molecule has 0 unspecified atom stereocenters. The predicted molar refractivity (Wildman–Crippen MR) is 116 cm³/mol. The molecule has 0 aliphatic heterocycles. The molecule has 0 spiro atoms. The van der Waals surface area contributed by atoms with Gasteiger partial charge in [0, 0.05) is 31.5 Å². The summed E-state index contributed by atoms with van der Waals surface area (Å²) in [4.78, 5) is 29.5. The number of benzene rings is 1. The van der Waals surface area contributed by atoms with Crippen LogP contribution in [0.3, 0.4) is 0 Å². The molecular weight excluding hydrogens is 483 g/mol. The summed E-state index contributed by atoms with van der Waals surface area (Å²) in [5.41, 5.74) is 0.437. The molecule has 0 atom stereocenters. The van der Waals surface area contributed by atoms with E-state index in [1.54, 1.807) is 6.92 Å². The first kappa shape index (κ1) is 24.4. The van der Waals surface area contributed by atoms with E-state index in [9.17, 15) is 22.8 Å². The molecule has 2 aromatic heterocycles. The summed E-state index contributed by atoms with van der Waals surface area (Å²) < 4.78 is 48.7. The highest BCUT2D eigenvalue weighted by atomic mass is 35.5. The second-order valence-electron chi connectivity index (χ2n) is 6.95. The van der Waals surface area contributed by atoms with Crippen LogP contribution in [0.2, 0.25) is 5.02 Å². The average molecular weight is 500 g/mol. The van der Waals surface area contributed by atoms with Gasteiger partial charge in [0.05, 0.1) is 23.3 Å². The third kappa shape index (κ3) is 4.76. The molecule has 3 aromatic rings. The third-order valence-corrected chi connectivity index (χ3v) is 5.62. The summed E-state index contributed by atoms with van der Waals surface area (Å²) >= 11 is 6.26. The maximum Gasteiger partial charge on any atom is 0.377 e. The zero-order chi connectivity index (χ0) is 24.5. The molecular formula is C20H17ClF3N5O3S. The molecule has 2 heterocycles. The normalized spacial score (nSPS) is 11.3. The van der Waals surface area contributed by atoms with Gasteiger partial charge in [-0.3, -0.25) is 19.9 Å². The largest absolute Gasteiger partial charge is 0.496 e. The van der Waals surface area contributed by atoms with E-state index in [4.69, 9.17) is 16.3 Å². The Morgan fingerprint density at radius 3 is 2.58 bits per heavy atom. The van der Waals surface area contributed by atoms with Crippen LogP contribution in [-0.2, 0) is 10.7 Å². The van der Waals surface area contributed by atoms with E-state index in [-0.39, 0.29) is 32.6 Å². The molecule has 1 N–H and O–H groups in total. The molecule has 0 saturated heterocycles. The van der Waals surface area contributed by atoms with Crippen LogP contribution in [0.25, 0.3) is 11.1 Å². The van der Waals surface area contributed by atoms with Crippen LogP contribution in [0.1, 0.15) is 21.1 Å². The lowest BCUT2D eigenvalue weighted by atomic mass is 9.98. The smallest absolute Gasteiger partial charge is 0.377 e. The summed E-state index contributed by atoms with van der Waals surface area (Å²) in [6, 6.07) is 4.21. The number of likely N-dealkylation sites (N-methyl/N-ethyl adjacent to an activating group) is 1. The number of anilines is 1. The number of halogens is 4. The molecule has 0 radical (unpaired) electrons. The van der Waals surface area contributed by atoms with Crippen LogP contribution in [0, 0.1) is 12.7 Å². The lowest BCUT2D eigenvalue weighted by molar-refractivity contribution is -0.156. The number of aryl methyl sites for hydroxylation is 1. The molecule has 2 amide bonds. The van der Waals surface area contributed by atoms with Crippen molar-refractivity contribution in [3.05, 3.63) is 51.5 Å². The van der Waals surface area contributed by atoms with E-state index < -0.39 is 28.6 Å². The van der Waals surface area contributed by atoms with Gasteiger partial charge in [0.25, 0.3) is 11.8 Å². The molecule has 1 aromatic carbocycles. The SMILES string of the molecule is COc1ccc(Cl)c(F)c1-c1cc(C)ncc1C(=O)Nc1nnc(C(F)(F)C(=O)N(C)C)s1. The zero-order valence-electron chi connectivity index (χ0n) is 17.7. The Kier molecular flexibility index (Phi) is 6.89. The van der Waals surface area contributed by atoms with Gasteiger partial charge in [-0.15, -0.1) is 10.2 Å². The Morgan fingerprint density at radius 2 is 1.94 bits per heavy atom. The van der Waals surface area contributed by atoms with Crippen molar-refractivity contribution in [2.24, 2.45) is 0 Å². The first-order valence-electron chi connectivity index (χ1n) is 9.21. The molecule has 0 fully saturated rings. The highest BCUT2D eigenvalue weighted by Crippen LogP contribution is 2.39. The number of hydrogen-bond donors (Lipinski definition) is 1. The van der Waals surface area contributed by atoms with Crippen molar-refractivity contribution < 1.29 is 27.5 Å². The number of nitrogens with zero attached hydrogens (tertiary/aromatic N) is 4. The Balaban J connectivity index is 2.00. The number of rotatable bonds is 6. The van der Waals surface area contributed by atoms with Gasteiger partial charge in [0.2, 0.25) is 5.13 Å². The summed E-state index contributed by atoms with van der Waals surface area (Å²) in [5, 5.41) is 7.82. The lowest BCUT2D eigenvalue weighted by Crippen LogP contribution is -2.37. The molecule has 13 heteroatoms. The highest BCUT2D eigenvalue weighted by molar-refractivity contribution is 7.15. The number of nitrogens with one attached hydrogen (secondary N) is 1. The van der Waals surface area contributed by atoms with Gasteiger partial charge >= 0.3 is 5.92 Å². The van der Waals surface area contributed by atoms with Crippen molar-refractivity contribution in [2.75, 3.05) is 26.5 Å². The predicted octanol–water partition coefficient (Wildman–Crippen LogP) is 4.14. The fourth-order valence-electron chi connectivity index (χ4n) is 2.84. The lowest BCUT2D eigenvalue weighted by Gasteiger charge is -2.16. The number of alkyl halides is 2. The number of carbonyl (C=O) groups excluding carboxylic acids is 2. The van der Waals surface area contributed by atoms with Crippen LogP contribution < -0.4 is 10.1 Å². The van der Waals surface area contributed by atoms with Crippen molar-refractivity contribution in [2.45, 2.75) is 12.8 Å². The van der Waals surface area contributed by atoms with Crippen LogP contribution in [-0.4, -0.2) is 53.1 Å². The molecule has 174 valence electrons. The van der Waals surface area contributed by atoms with Gasteiger partial charge < -0.3 is 9.64 Å². The van der Waals surface area contributed by atoms with Gasteiger partial charge in [0.1, 0.15) is 5.75 Å². The number of ether oxygens (including phenoxy) is 1. The van der Waals surface area contributed by atoms with Crippen LogP contribution in [0.4, 0.5) is 18.3 Å². The minimum atomic E-state index is -3.92. The first-order chi connectivity index (χ1) is 15.5. The monoisotopic (exact) mass is 499 g/mol. The fraction of sp³-hybridized carbons (Fsp3) is 0.250. The Labute approximate surface area is 195 Å². The van der Waals surface area contributed by atoms with Crippen molar-refractivity contribution in [1.29, 1.82) is 0 Å². The Hall–Kier alpha value is -3.25. The maximum absolute atomic E-state index is 14.9. The zero-order valence-corrected chi connectivity index (χ0v) is 19.3. The van der Waals surface area contributed by atoms with E-state index >= 15 is 0 Å². The number of carbonyl (C=O) groups is 2. The maximum atomic E-state index is 14.9. The molecule has 0 aliphatic rings. The van der Waals surface area contributed by atoms with E-state index in [1.165, 1.54) is 45.6 Å². The first-order valence-corrected chi connectivity index (χ1v) is 10.4. The topological polar surface area (TPSA) is 97.3 Å². The number of methoxy groups -OCH3 is 1. The van der Waals surface area contributed by atoms with Crippen molar-refractivity contribution in [3.8, 4) is 16.9 Å². The minimum absolute atomic E-state index is 0.0679. The van der Waals surface area contributed by atoms with Gasteiger partial charge in [0.15, 0.2) is 10.8 Å².